The fraction of sp³-hybridized carbons (Fsp3) is 0.133. The van der Waals surface area contributed by atoms with Crippen molar-refractivity contribution in [2.24, 2.45) is 5.92 Å². The van der Waals surface area contributed by atoms with Gasteiger partial charge >= 0.3 is 5.97 Å². The number of fused-ring (bicyclic) bond motifs is 1. The summed E-state index contributed by atoms with van der Waals surface area (Å²) in [5.74, 6) is 0.403. The van der Waals surface area contributed by atoms with E-state index in [4.69, 9.17) is 4.74 Å². The van der Waals surface area contributed by atoms with Gasteiger partial charge in [-0.2, -0.15) is 0 Å². The number of esters is 1. The number of hydrogen-bond donors (Lipinski definition) is 0. The molecule has 0 saturated carbocycles. The minimum absolute atomic E-state index is 0.0277. The highest BCUT2D eigenvalue weighted by Gasteiger charge is 2.40. The molecule has 1 aliphatic carbocycles. The molecule has 0 radical (unpaired) electrons. The minimum Gasteiger partial charge on any atom is -0.430 e. The number of carbonyl (C=O) groups excluding carboxylic acids is 1. The Morgan fingerprint density at radius 1 is 1.00 bits per heavy atom. The van der Waals surface area contributed by atoms with Gasteiger partial charge in [-0.3, -0.25) is 4.79 Å². The summed E-state index contributed by atoms with van der Waals surface area (Å²) in [4.78, 5) is 11.9. The zero-order valence-corrected chi connectivity index (χ0v) is 9.24. The summed E-state index contributed by atoms with van der Waals surface area (Å²) in [6.07, 6.45) is 9.70. The summed E-state index contributed by atoms with van der Waals surface area (Å²) in [6.45, 7) is 0. The number of carbonyl (C=O) groups is 1. The summed E-state index contributed by atoms with van der Waals surface area (Å²) >= 11 is 0. The average molecular weight is 224 g/mol. The van der Waals surface area contributed by atoms with Crippen LogP contribution in [0.1, 0.15) is 11.5 Å². The first-order valence-corrected chi connectivity index (χ1v) is 5.68. The maximum atomic E-state index is 11.9. The Balaban J connectivity index is 2.03. The van der Waals surface area contributed by atoms with Crippen LogP contribution in [-0.4, -0.2) is 5.97 Å². The number of ether oxygens (including phenoxy) is 1. The van der Waals surface area contributed by atoms with Gasteiger partial charge in [-0.1, -0.05) is 54.6 Å². The van der Waals surface area contributed by atoms with Crippen LogP contribution in [0.15, 0.2) is 66.5 Å². The molecular formula is C15H12O2. The van der Waals surface area contributed by atoms with Crippen LogP contribution in [-0.2, 0) is 9.53 Å². The monoisotopic (exact) mass is 224 g/mol. The summed E-state index contributed by atoms with van der Waals surface area (Å²) in [5, 5.41) is 0. The largest absolute Gasteiger partial charge is 0.430 e. The summed E-state index contributed by atoms with van der Waals surface area (Å²) in [6, 6.07) is 9.79. The van der Waals surface area contributed by atoms with E-state index in [2.05, 4.69) is 0 Å². The molecule has 0 aromatic heterocycles. The maximum Gasteiger partial charge on any atom is 0.319 e. The van der Waals surface area contributed by atoms with E-state index in [1.807, 2.05) is 60.7 Å². The zero-order chi connectivity index (χ0) is 11.7. The number of benzene rings is 1. The standard InChI is InChI=1S/C15H12O2/c16-15-14(11-7-3-1-4-8-11)12-9-5-2-6-10-13(12)17-15/h1-10,12,14H. The first-order chi connectivity index (χ1) is 8.36. The van der Waals surface area contributed by atoms with Crippen molar-refractivity contribution >= 4 is 5.97 Å². The highest BCUT2D eigenvalue weighted by Crippen LogP contribution is 2.40. The van der Waals surface area contributed by atoms with Gasteiger partial charge in [0.1, 0.15) is 5.76 Å². The van der Waals surface area contributed by atoms with Crippen LogP contribution in [0.3, 0.4) is 0 Å². The van der Waals surface area contributed by atoms with Crippen molar-refractivity contribution in [2.45, 2.75) is 5.92 Å². The van der Waals surface area contributed by atoms with Gasteiger partial charge in [0.2, 0.25) is 0 Å². The smallest absolute Gasteiger partial charge is 0.319 e. The third-order valence-electron chi connectivity index (χ3n) is 3.12. The lowest BCUT2D eigenvalue weighted by Gasteiger charge is -2.11. The molecule has 84 valence electrons. The molecule has 1 aromatic rings. The Hall–Kier alpha value is -2.09. The lowest BCUT2D eigenvalue weighted by atomic mass is 9.87. The highest BCUT2D eigenvalue weighted by atomic mass is 16.5. The third-order valence-corrected chi connectivity index (χ3v) is 3.12. The second kappa shape index (κ2) is 4.06. The van der Waals surface area contributed by atoms with Crippen LogP contribution in [0.4, 0.5) is 0 Å². The highest BCUT2D eigenvalue weighted by molar-refractivity contribution is 5.83. The maximum absolute atomic E-state index is 11.9. The molecule has 2 nitrogen and oxygen atoms in total. The van der Waals surface area contributed by atoms with Crippen molar-refractivity contribution in [3.05, 3.63) is 72.0 Å². The molecular weight excluding hydrogens is 212 g/mol. The van der Waals surface area contributed by atoms with Gasteiger partial charge in [-0.05, 0) is 11.6 Å². The molecule has 1 saturated heterocycles. The molecule has 17 heavy (non-hydrogen) atoms. The molecule has 3 rings (SSSR count). The normalized spacial score (nSPS) is 26.1. The fourth-order valence-corrected chi connectivity index (χ4v) is 2.31. The van der Waals surface area contributed by atoms with E-state index in [9.17, 15) is 4.79 Å². The van der Waals surface area contributed by atoms with Crippen LogP contribution >= 0.6 is 0 Å². The molecule has 1 heterocycles. The predicted octanol–water partition coefficient (Wildman–Crippen LogP) is 2.95. The van der Waals surface area contributed by atoms with Gasteiger partial charge < -0.3 is 4.74 Å². The number of rotatable bonds is 1. The van der Waals surface area contributed by atoms with E-state index in [-0.39, 0.29) is 17.8 Å². The molecule has 0 bridgehead atoms. The van der Waals surface area contributed by atoms with Crippen molar-refractivity contribution in [2.75, 3.05) is 0 Å². The predicted molar refractivity (Wildman–Crippen MR) is 65.1 cm³/mol. The van der Waals surface area contributed by atoms with Crippen molar-refractivity contribution in [1.29, 1.82) is 0 Å². The molecule has 1 aliphatic heterocycles. The van der Waals surface area contributed by atoms with Crippen LogP contribution in [0.25, 0.3) is 0 Å². The van der Waals surface area contributed by atoms with E-state index >= 15 is 0 Å². The summed E-state index contributed by atoms with van der Waals surface area (Å²) in [5.41, 5.74) is 1.01. The quantitative estimate of drug-likeness (QED) is 0.685. The molecule has 0 amide bonds. The Kier molecular flexibility index (Phi) is 2.41. The van der Waals surface area contributed by atoms with Gasteiger partial charge in [0.05, 0.1) is 11.8 Å². The topological polar surface area (TPSA) is 26.3 Å². The minimum atomic E-state index is -0.210. The molecule has 2 atom stereocenters. The number of allylic oxidation sites excluding steroid dienone is 5. The lowest BCUT2D eigenvalue weighted by molar-refractivity contribution is -0.136. The van der Waals surface area contributed by atoms with E-state index < -0.39 is 0 Å². The fourth-order valence-electron chi connectivity index (χ4n) is 2.31. The molecule has 1 aromatic carbocycles. The average Bonchev–Trinajstić information content (AvgIpc) is 2.52. The third kappa shape index (κ3) is 1.72. The Morgan fingerprint density at radius 3 is 2.65 bits per heavy atom. The van der Waals surface area contributed by atoms with Gasteiger partial charge in [0, 0.05) is 0 Å². The van der Waals surface area contributed by atoms with Crippen LogP contribution in [0, 0.1) is 5.92 Å². The molecule has 0 spiro atoms. The van der Waals surface area contributed by atoms with Crippen LogP contribution < -0.4 is 0 Å². The van der Waals surface area contributed by atoms with Crippen LogP contribution in [0.2, 0.25) is 0 Å². The van der Waals surface area contributed by atoms with Gasteiger partial charge in [-0.25, -0.2) is 0 Å². The Morgan fingerprint density at radius 2 is 1.82 bits per heavy atom. The first kappa shape index (κ1) is 10.1. The summed E-state index contributed by atoms with van der Waals surface area (Å²) < 4.78 is 5.33. The van der Waals surface area contributed by atoms with Crippen molar-refractivity contribution in [1.82, 2.24) is 0 Å². The van der Waals surface area contributed by atoms with Crippen molar-refractivity contribution < 1.29 is 9.53 Å². The van der Waals surface area contributed by atoms with E-state index in [0.717, 1.165) is 11.3 Å². The molecule has 2 unspecified atom stereocenters. The first-order valence-electron chi connectivity index (χ1n) is 5.68. The molecule has 1 fully saturated rings. The Labute approximate surface area is 99.9 Å². The second-order valence-corrected chi connectivity index (χ2v) is 4.17. The van der Waals surface area contributed by atoms with E-state index in [1.165, 1.54) is 0 Å². The zero-order valence-electron chi connectivity index (χ0n) is 9.24. The van der Waals surface area contributed by atoms with Gasteiger partial charge in [-0.15, -0.1) is 0 Å². The van der Waals surface area contributed by atoms with Gasteiger partial charge in [0.15, 0.2) is 0 Å². The molecule has 0 N–H and O–H groups in total. The van der Waals surface area contributed by atoms with E-state index in [1.54, 1.807) is 0 Å². The summed E-state index contributed by atoms with van der Waals surface area (Å²) in [7, 11) is 0. The van der Waals surface area contributed by atoms with Crippen molar-refractivity contribution in [3.8, 4) is 0 Å². The number of hydrogen-bond acceptors (Lipinski definition) is 2. The van der Waals surface area contributed by atoms with E-state index in [0.29, 0.717) is 0 Å². The van der Waals surface area contributed by atoms with Crippen molar-refractivity contribution in [3.63, 3.8) is 0 Å². The van der Waals surface area contributed by atoms with Crippen LogP contribution in [0.5, 0.6) is 0 Å². The van der Waals surface area contributed by atoms with Gasteiger partial charge in [0.25, 0.3) is 0 Å². The molecule has 2 heteroatoms. The lowest BCUT2D eigenvalue weighted by Crippen LogP contribution is -2.11. The second-order valence-electron chi connectivity index (χ2n) is 4.17. The Bertz CT molecular complexity index is 523. The molecule has 2 aliphatic rings. The SMILES string of the molecule is O=C1OC2=CC=CC=CC2C1c1ccccc1.